The van der Waals surface area contributed by atoms with E-state index in [1.807, 2.05) is 45.2 Å². The molecule has 1 rings (SSSR count). The standard InChI is InChI=1S/C10H4I2N4O2/c11-8-1-7(16(17)18)2-9(12)10(8)15-5-6(3-13)4-14/h1-2,5,15H. The molecule has 0 saturated heterocycles. The van der Waals surface area contributed by atoms with E-state index in [1.54, 1.807) is 12.1 Å². The van der Waals surface area contributed by atoms with Crippen LogP contribution in [0.4, 0.5) is 11.4 Å². The molecular weight excluding hydrogens is 462 g/mol. The van der Waals surface area contributed by atoms with Crippen molar-refractivity contribution in [2.75, 3.05) is 5.32 Å². The second-order valence-electron chi connectivity index (χ2n) is 2.97. The van der Waals surface area contributed by atoms with E-state index < -0.39 is 4.92 Å². The van der Waals surface area contributed by atoms with Crippen LogP contribution in [0.2, 0.25) is 0 Å². The summed E-state index contributed by atoms with van der Waals surface area (Å²) < 4.78 is 1.27. The molecular formula is C10H4I2N4O2. The van der Waals surface area contributed by atoms with Crippen LogP contribution in [0.5, 0.6) is 0 Å². The predicted molar refractivity (Wildman–Crippen MR) is 81.5 cm³/mol. The molecule has 0 aliphatic rings. The Hall–Kier alpha value is -1.40. The predicted octanol–water partition coefficient (Wildman–Crippen LogP) is 3.15. The third-order valence-electron chi connectivity index (χ3n) is 1.84. The Bertz CT molecular complexity index is 574. The molecule has 0 heterocycles. The molecule has 0 radical (unpaired) electrons. The Kier molecular flexibility index (Phi) is 5.30. The summed E-state index contributed by atoms with van der Waals surface area (Å²) in [6, 6.07) is 6.26. The van der Waals surface area contributed by atoms with Crippen molar-refractivity contribution in [2.45, 2.75) is 0 Å². The maximum Gasteiger partial charge on any atom is 0.271 e. The minimum absolute atomic E-state index is 0.000815. The van der Waals surface area contributed by atoms with Crippen molar-refractivity contribution in [1.82, 2.24) is 0 Å². The molecule has 1 aromatic rings. The Labute approximate surface area is 130 Å². The lowest BCUT2D eigenvalue weighted by Crippen LogP contribution is -1.98. The first kappa shape index (κ1) is 14.7. The van der Waals surface area contributed by atoms with Gasteiger partial charge in [-0.15, -0.1) is 0 Å². The monoisotopic (exact) mass is 466 g/mol. The summed E-state index contributed by atoms with van der Waals surface area (Å²) in [6.45, 7) is 0. The highest BCUT2D eigenvalue weighted by Crippen LogP contribution is 2.29. The fourth-order valence-corrected chi connectivity index (χ4v) is 3.08. The van der Waals surface area contributed by atoms with Crippen LogP contribution >= 0.6 is 45.2 Å². The summed E-state index contributed by atoms with van der Waals surface area (Å²) in [6.07, 6.45) is 1.27. The van der Waals surface area contributed by atoms with Gasteiger partial charge in [-0.2, -0.15) is 10.5 Å². The Morgan fingerprint density at radius 3 is 2.22 bits per heavy atom. The van der Waals surface area contributed by atoms with Crippen LogP contribution in [0.25, 0.3) is 0 Å². The molecule has 1 aromatic carbocycles. The number of halogens is 2. The number of hydrogen-bond acceptors (Lipinski definition) is 5. The zero-order chi connectivity index (χ0) is 13.7. The van der Waals surface area contributed by atoms with E-state index in [0.717, 1.165) is 0 Å². The number of benzene rings is 1. The molecule has 0 aliphatic carbocycles. The van der Waals surface area contributed by atoms with Gasteiger partial charge in [-0.25, -0.2) is 0 Å². The molecule has 1 N–H and O–H groups in total. The maximum absolute atomic E-state index is 10.7. The summed E-state index contributed by atoms with van der Waals surface area (Å²) in [4.78, 5) is 10.2. The lowest BCUT2D eigenvalue weighted by Gasteiger charge is -2.06. The lowest BCUT2D eigenvalue weighted by molar-refractivity contribution is -0.385. The van der Waals surface area contributed by atoms with Crippen LogP contribution < -0.4 is 5.32 Å². The topological polar surface area (TPSA) is 103 Å². The van der Waals surface area contributed by atoms with E-state index in [4.69, 9.17) is 10.5 Å². The van der Waals surface area contributed by atoms with Crippen molar-refractivity contribution < 1.29 is 4.92 Å². The Morgan fingerprint density at radius 1 is 1.33 bits per heavy atom. The summed E-state index contributed by atoms with van der Waals surface area (Å²) in [5.41, 5.74) is 0.559. The molecule has 0 amide bonds. The molecule has 0 bridgehead atoms. The zero-order valence-electron chi connectivity index (χ0n) is 8.65. The summed E-state index contributed by atoms with van der Waals surface area (Å²) >= 11 is 3.90. The molecule has 0 spiro atoms. The highest BCUT2D eigenvalue weighted by atomic mass is 127. The van der Waals surface area contributed by atoms with E-state index >= 15 is 0 Å². The second-order valence-corrected chi connectivity index (χ2v) is 5.29. The minimum Gasteiger partial charge on any atom is -0.358 e. The van der Waals surface area contributed by atoms with Crippen molar-refractivity contribution in [2.24, 2.45) is 0 Å². The van der Waals surface area contributed by atoms with Gasteiger partial charge in [0, 0.05) is 25.5 Å². The molecule has 0 unspecified atom stereocenters. The van der Waals surface area contributed by atoms with Gasteiger partial charge < -0.3 is 5.32 Å². The fourth-order valence-electron chi connectivity index (χ4n) is 1.04. The Balaban J connectivity index is 3.14. The number of nitriles is 2. The number of rotatable bonds is 3. The molecule has 0 aliphatic heterocycles. The van der Waals surface area contributed by atoms with Gasteiger partial charge in [0.2, 0.25) is 0 Å². The highest BCUT2D eigenvalue weighted by molar-refractivity contribution is 14.1. The number of hydrogen-bond donors (Lipinski definition) is 1. The van der Waals surface area contributed by atoms with E-state index in [0.29, 0.717) is 12.8 Å². The van der Waals surface area contributed by atoms with Gasteiger partial charge in [-0.05, 0) is 45.2 Å². The molecule has 0 fully saturated rings. The number of nitro groups is 1. The van der Waals surface area contributed by atoms with Crippen LogP contribution in [-0.4, -0.2) is 4.92 Å². The first-order chi connectivity index (χ1) is 8.49. The molecule has 0 atom stereocenters. The van der Waals surface area contributed by atoms with Crippen LogP contribution in [0, 0.1) is 39.9 Å². The molecule has 0 saturated carbocycles. The van der Waals surface area contributed by atoms with Gasteiger partial charge in [0.25, 0.3) is 5.69 Å². The number of allylic oxidation sites excluding steroid dienone is 1. The second kappa shape index (κ2) is 6.51. The molecule has 0 aromatic heterocycles. The van der Waals surface area contributed by atoms with Crippen LogP contribution in [0.15, 0.2) is 23.9 Å². The van der Waals surface area contributed by atoms with E-state index in [-0.39, 0.29) is 11.3 Å². The first-order valence-corrected chi connectivity index (χ1v) is 6.55. The lowest BCUT2D eigenvalue weighted by atomic mass is 10.3. The zero-order valence-corrected chi connectivity index (χ0v) is 13.0. The SMILES string of the molecule is N#CC(C#N)=CNc1c(I)cc([N+](=O)[O-])cc1I. The van der Waals surface area contributed by atoms with Crippen LogP contribution in [-0.2, 0) is 0 Å². The smallest absolute Gasteiger partial charge is 0.271 e. The number of anilines is 1. The maximum atomic E-state index is 10.7. The highest BCUT2D eigenvalue weighted by Gasteiger charge is 2.13. The molecule has 90 valence electrons. The number of nitrogens with one attached hydrogen (secondary N) is 1. The van der Waals surface area contributed by atoms with Crippen LogP contribution in [0.3, 0.4) is 0 Å². The normalized spacial score (nSPS) is 8.89. The molecule has 18 heavy (non-hydrogen) atoms. The van der Waals surface area contributed by atoms with E-state index in [1.165, 1.54) is 18.3 Å². The van der Waals surface area contributed by atoms with E-state index in [9.17, 15) is 10.1 Å². The van der Waals surface area contributed by atoms with Gasteiger partial charge in [0.1, 0.15) is 17.7 Å². The summed E-state index contributed by atoms with van der Waals surface area (Å²) in [5, 5.41) is 30.6. The fraction of sp³-hybridized carbons (Fsp3) is 0. The third kappa shape index (κ3) is 3.54. The third-order valence-corrected chi connectivity index (χ3v) is 3.54. The van der Waals surface area contributed by atoms with Crippen molar-refractivity contribution in [3.05, 3.63) is 41.2 Å². The van der Waals surface area contributed by atoms with Crippen LogP contribution in [0.1, 0.15) is 0 Å². The average molecular weight is 466 g/mol. The number of nitro benzene ring substituents is 1. The van der Waals surface area contributed by atoms with Crippen molar-refractivity contribution in [3.63, 3.8) is 0 Å². The quantitative estimate of drug-likeness (QED) is 0.319. The molecule has 8 heteroatoms. The van der Waals surface area contributed by atoms with Crippen molar-refractivity contribution in [1.29, 1.82) is 10.5 Å². The van der Waals surface area contributed by atoms with Gasteiger partial charge in [0.05, 0.1) is 10.6 Å². The first-order valence-electron chi connectivity index (χ1n) is 4.40. The average Bonchev–Trinajstić information content (AvgIpc) is 2.32. The minimum atomic E-state index is -0.472. The van der Waals surface area contributed by atoms with Gasteiger partial charge in [-0.1, -0.05) is 0 Å². The van der Waals surface area contributed by atoms with Gasteiger partial charge >= 0.3 is 0 Å². The Morgan fingerprint density at radius 2 is 1.83 bits per heavy atom. The van der Waals surface area contributed by atoms with Gasteiger partial charge in [-0.3, -0.25) is 10.1 Å². The van der Waals surface area contributed by atoms with Crippen molar-refractivity contribution in [3.8, 4) is 12.1 Å². The summed E-state index contributed by atoms with van der Waals surface area (Å²) in [5.74, 6) is 0. The van der Waals surface area contributed by atoms with Crippen molar-refractivity contribution >= 4 is 56.6 Å². The number of non-ortho nitro benzene ring substituents is 1. The van der Waals surface area contributed by atoms with Gasteiger partial charge in [0.15, 0.2) is 0 Å². The number of nitrogens with zero attached hydrogens (tertiary/aromatic N) is 3. The molecule has 6 nitrogen and oxygen atoms in total. The summed E-state index contributed by atoms with van der Waals surface area (Å²) in [7, 11) is 0. The largest absolute Gasteiger partial charge is 0.358 e. The van der Waals surface area contributed by atoms with E-state index in [2.05, 4.69) is 5.32 Å².